The molecule has 1 aromatic heterocycles. The van der Waals surface area contributed by atoms with Gasteiger partial charge in [0.15, 0.2) is 0 Å². The molecule has 1 aromatic carbocycles. The number of nitrogens with one attached hydrogen (secondary N) is 2. The second-order valence-corrected chi connectivity index (χ2v) is 4.94. The molecule has 9 heteroatoms. The molecule has 9 nitrogen and oxygen atoms in total. The largest absolute Gasteiger partial charge is 0.497 e. The van der Waals surface area contributed by atoms with Crippen LogP contribution in [-0.4, -0.2) is 41.5 Å². The molecule has 0 saturated carbocycles. The van der Waals surface area contributed by atoms with Crippen LogP contribution in [0.3, 0.4) is 0 Å². The fraction of sp³-hybridized carbons (Fsp3) is 0.333. The Balaban J connectivity index is 2.15. The summed E-state index contributed by atoms with van der Waals surface area (Å²) in [5.74, 6) is 0.652. The zero-order valence-electron chi connectivity index (χ0n) is 13.3. The predicted octanol–water partition coefficient (Wildman–Crippen LogP) is 0.918. The van der Waals surface area contributed by atoms with E-state index in [1.54, 1.807) is 19.2 Å². The maximum absolute atomic E-state index is 11.3. The van der Waals surface area contributed by atoms with Gasteiger partial charge in [0.25, 0.3) is 0 Å². The van der Waals surface area contributed by atoms with Crippen LogP contribution in [0, 0.1) is 0 Å². The van der Waals surface area contributed by atoms with E-state index in [9.17, 15) is 9.59 Å². The number of carboxylic acid groups (broad SMARTS) is 1. The highest BCUT2D eigenvalue weighted by Crippen LogP contribution is 2.20. The number of methoxy groups -OCH3 is 1. The van der Waals surface area contributed by atoms with Gasteiger partial charge in [-0.1, -0.05) is 12.1 Å². The highest BCUT2D eigenvalue weighted by molar-refractivity contribution is 5.77. The zero-order valence-corrected chi connectivity index (χ0v) is 13.3. The summed E-state index contributed by atoms with van der Waals surface area (Å²) in [6, 6.07) is 6.46. The van der Waals surface area contributed by atoms with Gasteiger partial charge in [-0.05, 0) is 17.7 Å². The molecule has 128 valence electrons. The van der Waals surface area contributed by atoms with E-state index in [0.717, 1.165) is 5.56 Å². The Morgan fingerprint density at radius 2 is 2.00 bits per heavy atom. The Morgan fingerprint density at radius 1 is 1.29 bits per heavy atom. The first-order chi connectivity index (χ1) is 11.5. The first-order valence-corrected chi connectivity index (χ1v) is 7.17. The van der Waals surface area contributed by atoms with Crippen LogP contribution < -0.4 is 15.4 Å². The third-order valence-electron chi connectivity index (χ3n) is 3.27. The van der Waals surface area contributed by atoms with Crippen LogP contribution in [0.1, 0.15) is 23.4 Å². The van der Waals surface area contributed by atoms with Gasteiger partial charge in [-0.15, -0.1) is 10.2 Å². The molecule has 3 N–H and O–H groups in total. The van der Waals surface area contributed by atoms with E-state index >= 15 is 0 Å². The monoisotopic (exact) mass is 334 g/mol. The maximum atomic E-state index is 11.3. The zero-order chi connectivity index (χ0) is 17.5. The number of aromatic nitrogens is 2. The minimum Gasteiger partial charge on any atom is -0.497 e. The van der Waals surface area contributed by atoms with Gasteiger partial charge < -0.3 is 24.9 Å². The van der Waals surface area contributed by atoms with Crippen LogP contribution in [0.4, 0.5) is 4.79 Å². The van der Waals surface area contributed by atoms with E-state index in [0.29, 0.717) is 12.2 Å². The summed E-state index contributed by atoms with van der Waals surface area (Å²) in [4.78, 5) is 22.3. The summed E-state index contributed by atoms with van der Waals surface area (Å²) in [6.45, 7) is 0. The molecule has 0 aliphatic heterocycles. The van der Waals surface area contributed by atoms with Crippen molar-refractivity contribution in [2.75, 3.05) is 14.2 Å². The van der Waals surface area contributed by atoms with E-state index in [-0.39, 0.29) is 24.1 Å². The lowest BCUT2D eigenvalue weighted by Gasteiger charge is -2.13. The van der Waals surface area contributed by atoms with Crippen LogP contribution in [0.25, 0.3) is 0 Å². The topological polar surface area (TPSA) is 127 Å². The number of nitrogens with zero attached hydrogens (tertiary/aromatic N) is 2. The number of carbonyl (C=O) groups excluding carboxylic acids is 1. The third kappa shape index (κ3) is 4.70. The second-order valence-electron chi connectivity index (χ2n) is 4.94. The fourth-order valence-electron chi connectivity index (χ4n) is 2.05. The Hall–Kier alpha value is -3.10. The van der Waals surface area contributed by atoms with E-state index in [2.05, 4.69) is 20.8 Å². The number of likely N-dealkylation sites (N-methyl/N-ethyl adjacent to an activating group) is 1. The normalized spacial score (nSPS) is 11.6. The molecule has 2 aromatic rings. The van der Waals surface area contributed by atoms with Gasteiger partial charge in [0, 0.05) is 13.5 Å². The molecule has 0 unspecified atom stereocenters. The highest BCUT2D eigenvalue weighted by Gasteiger charge is 2.22. The predicted molar refractivity (Wildman–Crippen MR) is 82.7 cm³/mol. The Morgan fingerprint density at radius 3 is 2.58 bits per heavy atom. The van der Waals surface area contributed by atoms with Crippen LogP contribution in [0.15, 0.2) is 28.7 Å². The minimum atomic E-state index is -1.21. The molecular weight excluding hydrogens is 316 g/mol. The molecule has 0 spiro atoms. The van der Waals surface area contributed by atoms with Crippen molar-refractivity contribution in [2.24, 2.45) is 0 Å². The number of rotatable bonds is 7. The number of benzene rings is 1. The van der Waals surface area contributed by atoms with Crippen LogP contribution >= 0.6 is 0 Å². The van der Waals surface area contributed by atoms with E-state index in [1.165, 1.54) is 7.05 Å². The SMILES string of the molecule is CNC(=O)Cc1nnc([C@H](Cc2ccc(OC)cc2)NC(=O)O)o1. The lowest BCUT2D eigenvalue weighted by Crippen LogP contribution is -2.28. The summed E-state index contributed by atoms with van der Waals surface area (Å²) in [6.07, 6.45) is -0.955. The van der Waals surface area contributed by atoms with Crippen molar-refractivity contribution in [3.05, 3.63) is 41.6 Å². The fourth-order valence-corrected chi connectivity index (χ4v) is 2.05. The average Bonchev–Trinajstić information content (AvgIpc) is 3.03. The van der Waals surface area contributed by atoms with Crippen molar-refractivity contribution in [3.63, 3.8) is 0 Å². The summed E-state index contributed by atoms with van der Waals surface area (Å²) in [7, 11) is 3.06. The third-order valence-corrected chi connectivity index (χ3v) is 3.27. The van der Waals surface area contributed by atoms with Crippen LogP contribution in [-0.2, 0) is 17.6 Å². The lowest BCUT2D eigenvalue weighted by atomic mass is 10.1. The molecule has 0 radical (unpaired) electrons. The summed E-state index contributed by atoms with van der Waals surface area (Å²) < 4.78 is 10.5. The second kappa shape index (κ2) is 7.95. The molecule has 2 rings (SSSR count). The van der Waals surface area contributed by atoms with Gasteiger partial charge >= 0.3 is 6.09 Å². The molecule has 0 bridgehead atoms. The molecule has 0 aliphatic carbocycles. The van der Waals surface area contributed by atoms with Crippen molar-refractivity contribution < 1.29 is 23.8 Å². The smallest absolute Gasteiger partial charge is 0.405 e. The summed E-state index contributed by atoms with van der Waals surface area (Å²) >= 11 is 0. The Kier molecular flexibility index (Phi) is 5.72. The molecule has 0 saturated heterocycles. The summed E-state index contributed by atoms with van der Waals surface area (Å²) in [5, 5.41) is 21.4. The molecule has 1 atom stereocenters. The minimum absolute atomic E-state index is 0.0637. The van der Waals surface area contributed by atoms with Gasteiger partial charge in [-0.25, -0.2) is 4.79 Å². The highest BCUT2D eigenvalue weighted by atomic mass is 16.5. The molecule has 1 heterocycles. The molecule has 24 heavy (non-hydrogen) atoms. The van der Waals surface area contributed by atoms with E-state index in [1.807, 2.05) is 12.1 Å². The molecule has 0 fully saturated rings. The van der Waals surface area contributed by atoms with Crippen LogP contribution in [0.2, 0.25) is 0 Å². The van der Waals surface area contributed by atoms with Gasteiger partial charge in [0.1, 0.15) is 18.2 Å². The van der Waals surface area contributed by atoms with Gasteiger partial charge in [0.05, 0.1) is 7.11 Å². The van der Waals surface area contributed by atoms with Crippen LogP contribution in [0.5, 0.6) is 5.75 Å². The number of carbonyl (C=O) groups is 2. The van der Waals surface area contributed by atoms with Crippen molar-refractivity contribution in [1.82, 2.24) is 20.8 Å². The lowest BCUT2D eigenvalue weighted by molar-refractivity contribution is -0.120. The van der Waals surface area contributed by atoms with E-state index in [4.69, 9.17) is 14.3 Å². The van der Waals surface area contributed by atoms with Crippen molar-refractivity contribution in [1.29, 1.82) is 0 Å². The first-order valence-electron chi connectivity index (χ1n) is 7.17. The molecule has 0 aliphatic rings. The Labute approximate surface area is 138 Å². The average molecular weight is 334 g/mol. The van der Waals surface area contributed by atoms with Crippen molar-refractivity contribution >= 4 is 12.0 Å². The number of amides is 2. The number of ether oxygens (including phenoxy) is 1. The number of hydrogen-bond acceptors (Lipinski definition) is 6. The van der Waals surface area contributed by atoms with Crippen molar-refractivity contribution in [3.8, 4) is 5.75 Å². The molecular formula is C15H18N4O5. The van der Waals surface area contributed by atoms with Crippen molar-refractivity contribution in [2.45, 2.75) is 18.9 Å². The standard InChI is InChI=1S/C15H18N4O5/c1-16-12(20)8-13-18-19-14(24-13)11(17-15(21)22)7-9-3-5-10(23-2)6-4-9/h3-6,11,17H,7-8H2,1-2H3,(H,16,20)(H,21,22)/t11-/m0/s1. The maximum Gasteiger partial charge on any atom is 0.405 e. The number of hydrogen-bond donors (Lipinski definition) is 3. The molecule has 2 amide bonds. The van der Waals surface area contributed by atoms with Gasteiger partial charge in [-0.2, -0.15) is 0 Å². The van der Waals surface area contributed by atoms with Gasteiger partial charge in [0.2, 0.25) is 17.7 Å². The summed E-state index contributed by atoms with van der Waals surface area (Å²) in [5.41, 5.74) is 0.862. The quantitative estimate of drug-likeness (QED) is 0.687. The first kappa shape index (κ1) is 17.3. The van der Waals surface area contributed by atoms with E-state index < -0.39 is 12.1 Å². The Bertz CT molecular complexity index is 698. The van der Waals surface area contributed by atoms with Gasteiger partial charge in [-0.3, -0.25) is 4.79 Å².